The van der Waals surface area contributed by atoms with E-state index in [0.717, 1.165) is 38.0 Å². The van der Waals surface area contributed by atoms with E-state index in [2.05, 4.69) is 0 Å². The molecule has 0 unspecified atom stereocenters. The molecule has 0 spiro atoms. The molecule has 0 bridgehead atoms. The van der Waals surface area contributed by atoms with Crippen molar-refractivity contribution in [2.24, 2.45) is 5.92 Å². The minimum Gasteiger partial charge on any atom is -0.284 e. The second-order valence-corrected chi connectivity index (χ2v) is 9.83. The van der Waals surface area contributed by atoms with Gasteiger partial charge in [0.15, 0.2) is 5.16 Å². The van der Waals surface area contributed by atoms with Crippen molar-refractivity contribution in [3.8, 4) is 0 Å². The maximum atomic E-state index is 12.9. The van der Waals surface area contributed by atoms with Crippen LogP contribution < -0.4 is 5.56 Å². The number of thiophene rings is 1. The first-order chi connectivity index (χ1) is 10.2. The minimum absolute atomic E-state index is 0.0585. The highest BCUT2D eigenvalue weighted by Crippen LogP contribution is 2.54. The third-order valence-electron chi connectivity index (χ3n) is 4.09. The van der Waals surface area contributed by atoms with Gasteiger partial charge in [0.05, 0.1) is 5.39 Å². The molecule has 0 saturated heterocycles. The number of nitrogens with zero attached hydrogens (tertiary/aromatic N) is 2. The van der Waals surface area contributed by atoms with Crippen LogP contribution in [0, 0.1) is 19.8 Å². The lowest BCUT2D eigenvalue weighted by Gasteiger charge is -2.15. The Morgan fingerprint density at radius 2 is 2.09 bits per heavy atom. The lowest BCUT2D eigenvalue weighted by atomic mass is 10.2. The first kappa shape index (κ1) is 16.6. The van der Waals surface area contributed by atoms with Crippen molar-refractivity contribution in [1.29, 1.82) is 0 Å². The Kier molecular flexibility index (Phi) is 4.30. The van der Waals surface area contributed by atoms with E-state index >= 15 is 0 Å². The van der Waals surface area contributed by atoms with E-state index in [1.807, 2.05) is 27.7 Å². The summed E-state index contributed by atoms with van der Waals surface area (Å²) >= 11 is 15.4. The van der Waals surface area contributed by atoms with E-state index in [1.165, 1.54) is 0 Å². The SMILES string of the molecule is Cc1sc2nc(SC[C@@H]3CC3(Cl)Cl)n(C(C)C)c(=O)c2c1C. The quantitative estimate of drug-likeness (QED) is 0.430. The Morgan fingerprint density at radius 1 is 1.45 bits per heavy atom. The Labute approximate surface area is 148 Å². The van der Waals surface area contributed by atoms with E-state index in [1.54, 1.807) is 27.7 Å². The van der Waals surface area contributed by atoms with Gasteiger partial charge in [-0.25, -0.2) is 4.98 Å². The lowest BCUT2D eigenvalue weighted by molar-refractivity contribution is 0.519. The summed E-state index contributed by atoms with van der Waals surface area (Å²) in [6, 6.07) is 0.0717. The fraction of sp³-hybridized carbons (Fsp3) is 0.600. The van der Waals surface area contributed by atoms with E-state index in [-0.39, 0.29) is 17.5 Å². The molecule has 1 saturated carbocycles. The van der Waals surface area contributed by atoms with Crippen molar-refractivity contribution in [1.82, 2.24) is 9.55 Å². The Morgan fingerprint density at radius 3 is 2.64 bits per heavy atom. The zero-order valence-electron chi connectivity index (χ0n) is 12.9. The number of fused-ring (bicyclic) bond motifs is 1. The van der Waals surface area contributed by atoms with Crippen LogP contribution in [0.1, 0.15) is 36.8 Å². The van der Waals surface area contributed by atoms with Gasteiger partial charge in [-0.1, -0.05) is 11.8 Å². The highest BCUT2D eigenvalue weighted by atomic mass is 35.5. The fourth-order valence-electron chi connectivity index (χ4n) is 2.47. The van der Waals surface area contributed by atoms with Crippen molar-refractivity contribution in [2.45, 2.75) is 49.6 Å². The molecule has 1 aliphatic rings. The van der Waals surface area contributed by atoms with Gasteiger partial charge in [0.1, 0.15) is 9.16 Å². The molecule has 3 rings (SSSR count). The summed E-state index contributed by atoms with van der Waals surface area (Å²) < 4.78 is 1.20. The van der Waals surface area contributed by atoms with Crippen LogP contribution in [0.5, 0.6) is 0 Å². The number of rotatable bonds is 4. The van der Waals surface area contributed by atoms with Crippen LogP contribution in [0.15, 0.2) is 9.95 Å². The average Bonchev–Trinajstić information content (AvgIpc) is 2.91. The van der Waals surface area contributed by atoms with Gasteiger partial charge in [0.2, 0.25) is 0 Å². The monoisotopic (exact) mass is 376 g/mol. The third kappa shape index (κ3) is 2.81. The molecule has 2 aromatic heterocycles. The van der Waals surface area contributed by atoms with Crippen molar-refractivity contribution >= 4 is 56.5 Å². The van der Waals surface area contributed by atoms with Crippen LogP contribution in [0.25, 0.3) is 10.2 Å². The molecule has 0 amide bonds. The summed E-state index contributed by atoms with van der Waals surface area (Å²) in [7, 11) is 0. The number of thioether (sulfide) groups is 1. The van der Waals surface area contributed by atoms with Crippen LogP contribution in [0.4, 0.5) is 0 Å². The average molecular weight is 377 g/mol. The largest absolute Gasteiger partial charge is 0.284 e. The topological polar surface area (TPSA) is 34.9 Å². The van der Waals surface area contributed by atoms with Gasteiger partial charge in [-0.3, -0.25) is 9.36 Å². The molecular formula is C15H18Cl2N2OS2. The number of halogens is 2. The van der Waals surface area contributed by atoms with Crippen LogP contribution in [-0.2, 0) is 0 Å². The van der Waals surface area contributed by atoms with Gasteiger partial charge in [0.25, 0.3) is 5.56 Å². The first-order valence-electron chi connectivity index (χ1n) is 7.25. The number of hydrogen-bond donors (Lipinski definition) is 0. The molecule has 0 N–H and O–H groups in total. The number of hydrogen-bond acceptors (Lipinski definition) is 4. The van der Waals surface area contributed by atoms with Crippen LogP contribution >= 0.6 is 46.3 Å². The zero-order chi connectivity index (χ0) is 16.2. The van der Waals surface area contributed by atoms with Crippen LogP contribution in [-0.4, -0.2) is 19.6 Å². The Hall–Kier alpha value is -0.230. The number of alkyl halides is 2. The first-order valence-corrected chi connectivity index (χ1v) is 9.81. The number of aromatic nitrogens is 2. The molecule has 1 fully saturated rings. The second kappa shape index (κ2) is 5.69. The fourth-order valence-corrected chi connectivity index (χ4v) is 5.60. The minimum atomic E-state index is -0.587. The van der Waals surface area contributed by atoms with Crippen molar-refractivity contribution in [3.05, 3.63) is 20.8 Å². The van der Waals surface area contributed by atoms with E-state index in [0.29, 0.717) is 0 Å². The molecule has 0 radical (unpaired) electrons. The highest BCUT2D eigenvalue weighted by molar-refractivity contribution is 7.99. The maximum Gasteiger partial charge on any atom is 0.263 e. The van der Waals surface area contributed by atoms with Crippen molar-refractivity contribution in [3.63, 3.8) is 0 Å². The number of aryl methyl sites for hydroxylation is 2. The van der Waals surface area contributed by atoms with Gasteiger partial charge >= 0.3 is 0 Å². The predicted molar refractivity (Wildman–Crippen MR) is 97.0 cm³/mol. The molecule has 7 heteroatoms. The molecule has 1 atom stereocenters. The molecular weight excluding hydrogens is 359 g/mol. The predicted octanol–water partition coefficient (Wildman–Crippen LogP) is 4.94. The van der Waals surface area contributed by atoms with Crippen LogP contribution in [0.3, 0.4) is 0 Å². The molecule has 2 aromatic rings. The summed E-state index contributed by atoms with van der Waals surface area (Å²) in [5.41, 5.74) is 1.11. The molecule has 0 aromatic carbocycles. The van der Waals surface area contributed by atoms with Crippen molar-refractivity contribution < 1.29 is 0 Å². The van der Waals surface area contributed by atoms with E-state index < -0.39 is 4.33 Å². The van der Waals surface area contributed by atoms with Gasteiger partial charge in [-0.2, -0.15) is 0 Å². The van der Waals surface area contributed by atoms with Gasteiger partial charge in [-0.15, -0.1) is 34.5 Å². The third-order valence-corrected chi connectivity index (χ3v) is 7.23. The lowest BCUT2D eigenvalue weighted by Crippen LogP contribution is -2.25. The molecule has 120 valence electrons. The van der Waals surface area contributed by atoms with E-state index in [4.69, 9.17) is 28.2 Å². The van der Waals surface area contributed by atoms with Crippen LogP contribution in [0.2, 0.25) is 0 Å². The summed E-state index contributed by atoms with van der Waals surface area (Å²) in [6.07, 6.45) is 0.814. The molecule has 2 heterocycles. The summed E-state index contributed by atoms with van der Waals surface area (Å²) in [5, 5.41) is 1.53. The summed E-state index contributed by atoms with van der Waals surface area (Å²) in [4.78, 5) is 19.6. The van der Waals surface area contributed by atoms with E-state index in [9.17, 15) is 4.79 Å². The van der Waals surface area contributed by atoms with Gasteiger partial charge in [-0.05, 0) is 39.7 Å². The molecule has 3 nitrogen and oxygen atoms in total. The molecule has 22 heavy (non-hydrogen) atoms. The van der Waals surface area contributed by atoms with Crippen molar-refractivity contribution in [2.75, 3.05) is 5.75 Å². The molecule has 0 aliphatic heterocycles. The standard InChI is InChI=1S/C15H18Cl2N2OS2/c1-7(2)19-13(20)11-8(3)9(4)22-12(11)18-14(19)21-6-10-5-15(10,16)17/h7,10H,5-6H2,1-4H3/t10-/m0/s1. The normalized spacial score (nSPS) is 20.0. The zero-order valence-corrected chi connectivity index (χ0v) is 16.1. The Balaban J connectivity index is 2.04. The molecule has 1 aliphatic carbocycles. The smallest absolute Gasteiger partial charge is 0.263 e. The maximum absolute atomic E-state index is 12.9. The van der Waals surface area contributed by atoms with Gasteiger partial charge < -0.3 is 0 Å². The highest BCUT2D eigenvalue weighted by Gasteiger charge is 2.51. The Bertz CT molecular complexity index is 795. The summed E-state index contributed by atoms with van der Waals surface area (Å²) in [5.74, 6) is 1.07. The van der Waals surface area contributed by atoms with Gasteiger partial charge in [0, 0.05) is 22.6 Å². The second-order valence-electron chi connectivity index (χ2n) is 6.10. The summed E-state index contributed by atoms with van der Waals surface area (Å²) in [6.45, 7) is 8.05.